The maximum atomic E-state index is 6.42. The molecule has 0 radical (unpaired) electrons. The molecule has 0 bridgehead atoms. The molecule has 2 heterocycles. The van der Waals surface area contributed by atoms with Crippen molar-refractivity contribution in [2.75, 3.05) is 26.2 Å². The Bertz CT molecular complexity index is 485. The third-order valence-corrected chi connectivity index (χ3v) is 5.47. The van der Waals surface area contributed by atoms with Crippen LogP contribution in [0.15, 0.2) is 6.20 Å². The van der Waals surface area contributed by atoms with E-state index < -0.39 is 0 Å². The van der Waals surface area contributed by atoms with Crippen LogP contribution in [-0.2, 0) is 0 Å². The molecule has 1 aromatic rings. The van der Waals surface area contributed by atoms with Gasteiger partial charge in [-0.05, 0) is 18.8 Å². The lowest BCUT2D eigenvalue weighted by atomic mass is 9.76. The number of pyridine rings is 1. The fourth-order valence-electron chi connectivity index (χ4n) is 3.16. The highest BCUT2D eigenvalue weighted by atomic mass is 35.5. The average Bonchev–Trinajstić information content (AvgIpc) is 2.41. The highest BCUT2D eigenvalue weighted by Gasteiger charge is 2.36. The predicted octanol–water partition coefficient (Wildman–Crippen LogP) is 3.79. The standard InChI is InChI=1S/C14H18Cl3N3/c15-10-8-19-14(17)12(16)11(10)13(9-2-1-3-9)20-6-4-18-5-7-20/h8-9,13,18H,1-7H2/t13-/m1/s1. The van der Waals surface area contributed by atoms with Crippen LogP contribution in [0.5, 0.6) is 0 Å². The van der Waals surface area contributed by atoms with E-state index in [1.807, 2.05) is 0 Å². The van der Waals surface area contributed by atoms with Gasteiger partial charge in [-0.25, -0.2) is 4.98 Å². The maximum Gasteiger partial charge on any atom is 0.148 e. The van der Waals surface area contributed by atoms with Crippen molar-refractivity contribution in [2.45, 2.75) is 25.3 Å². The molecule has 1 atom stereocenters. The van der Waals surface area contributed by atoms with Crippen molar-refractivity contribution in [1.29, 1.82) is 0 Å². The van der Waals surface area contributed by atoms with Crippen molar-refractivity contribution < 1.29 is 0 Å². The number of nitrogens with zero attached hydrogens (tertiary/aromatic N) is 2. The molecule has 20 heavy (non-hydrogen) atoms. The summed E-state index contributed by atoms with van der Waals surface area (Å²) in [7, 11) is 0. The van der Waals surface area contributed by atoms with E-state index in [1.165, 1.54) is 19.3 Å². The first-order chi connectivity index (χ1) is 9.68. The van der Waals surface area contributed by atoms with Gasteiger partial charge in [-0.15, -0.1) is 0 Å². The van der Waals surface area contributed by atoms with E-state index in [9.17, 15) is 0 Å². The zero-order chi connectivity index (χ0) is 14.1. The van der Waals surface area contributed by atoms with Crippen molar-refractivity contribution in [1.82, 2.24) is 15.2 Å². The van der Waals surface area contributed by atoms with Crippen LogP contribution in [-0.4, -0.2) is 36.1 Å². The molecule has 0 spiro atoms. The Morgan fingerprint density at radius 2 is 1.90 bits per heavy atom. The number of rotatable bonds is 3. The SMILES string of the molecule is Clc1cnc(Cl)c(Cl)c1[C@@H](C1CCC1)N1CCNCC1. The van der Waals surface area contributed by atoms with Crippen LogP contribution in [0.3, 0.4) is 0 Å². The van der Waals surface area contributed by atoms with Crippen LogP contribution in [0.4, 0.5) is 0 Å². The van der Waals surface area contributed by atoms with Crippen LogP contribution >= 0.6 is 34.8 Å². The molecule has 1 saturated heterocycles. The highest BCUT2D eigenvalue weighted by molar-refractivity contribution is 6.43. The van der Waals surface area contributed by atoms with Crippen LogP contribution in [0, 0.1) is 5.92 Å². The van der Waals surface area contributed by atoms with Crippen molar-refractivity contribution in [3.05, 3.63) is 27.0 Å². The second kappa shape index (κ2) is 6.37. The molecule has 1 aromatic heterocycles. The van der Waals surface area contributed by atoms with E-state index in [0.29, 0.717) is 21.1 Å². The number of hydrogen-bond donors (Lipinski definition) is 1. The zero-order valence-corrected chi connectivity index (χ0v) is 13.5. The van der Waals surface area contributed by atoms with Gasteiger partial charge < -0.3 is 5.32 Å². The maximum absolute atomic E-state index is 6.42. The minimum absolute atomic E-state index is 0.270. The lowest BCUT2D eigenvalue weighted by Crippen LogP contribution is -2.48. The topological polar surface area (TPSA) is 28.2 Å². The minimum atomic E-state index is 0.270. The summed E-state index contributed by atoms with van der Waals surface area (Å²) in [6.45, 7) is 4.07. The highest BCUT2D eigenvalue weighted by Crippen LogP contribution is 2.46. The van der Waals surface area contributed by atoms with Gasteiger partial charge in [0.1, 0.15) is 5.15 Å². The van der Waals surface area contributed by atoms with Crippen molar-refractivity contribution in [2.24, 2.45) is 5.92 Å². The molecule has 6 heteroatoms. The number of piperazine rings is 1. The lowest BCUT2D eigenvalue weighted by molar-refractivity contribution is 0.0838. The summed E-state index contributed by atoms with van der Waals surface area (Å²) in [5, 5.41) is 4.90. The molecule has 1 aliphatic carbocycles. The summed E-state index contributed by atoms with van der Waals surface area (Å²) >= 11 is 18.9. The monoisotopic (exact) mass is 333 g/mol. The molecule has 110 valence electrons. The van der Waals surface area contributed by atoms with E-state index >= 15 is 0 Å². The number of aromatic nitrogens is 1. The largest absolute Gasteiger partial charge is 0.314 e. The lowest BCUT2D eigenvalue weighted by Gasteiger charge is -2.43. The Kier molecular flexibility index (Phi) is 4.73. The van der Waals surface area contributed by atoms with Gasteiger partial charge in [-0.2, -0.15) is 0 Å². The first-order valence-corrected chi connectivity index (χ1v) is 8.26. The van der Waals surface area contributed by atoms with Gasteiger partial charge in [0.05, 0.1) is 10.0 Å². The molecular weight excluding hydrogens is 317 g/mol. The van der Waals surface area contributed by atoms with Gasteiger partial charge in [0, 0.05) is 44.0 Å². The first-order valence-electron chi connectivity index (χ1n) is 7.12. The van der Waals surface area contributed by atoms with Gasteiger partial charge in [0.15, 0.2) is 0 Å². The molecule has 3 rings (SSSR count). The number of halogens is 3. The van der Waals surface area contributed by atoms with Gasteiger partial charge in [-0.1, -0.05) is 41.2 Å². The third kappa shape index (κ3) is 2.79. The van der Waals surface area contributed by atoms with Crippen molar-refractivity contribution >= 4 is 34.8 Å². The van der Waals surface area contributed by atoms with E-state index in [4.69, 9.17) is 34.8 Å². The Morgan fingerprint density at radius 1 is 1.20 bits per heavy atom. The number of nitrogens with one attached hydrogen (secondary N) is 1. The normalized spacial score (nSPS) is 22.6. The Morgan fingerprint density at radius 3 is 2.50 bits per heavy atom. The summed E-state index contributed by atoms with van der Waals surface area (Å²) < 4.78 is 0. The average molecular weight is 335 g/mol. The van der Waals surface area contributed by atoms with Crippen LogP contribution in [0.1, 0.15) is 30.9 Å². The van der Waals surface area contributed by atoms with Gasteiger partial charge in [-0.3, -0.25) is 4.90 Å². The minimum Gasteiger partial charge on any atom is -0.314 e. The Labute approximate surface area is 134 Å². The van der Waals surface area contributed by atoms with Crippen molar-refractivity contribution in [3.8, 4) is 0 Å². The Balaban J connectivity index is 1.98. The summed E-state index contributed by atoms with van der Waals surface area (Å²) in [6, 6.07) is 0.270. The number of hydrogen-bond acceptors (Lipinski definition) is 3. The quantitative estimate of drug-likeness (QED) is 0.853. The van der Waals surface area contributed by atoms with Gasteiger partial charge in [0.25, 0.3) is 0 Å². The van der Waals surface area contributed by atoms with E-state index in [1.54, 1.807) is 6.20 Å². The zero-order valence-electron chi connectivity index (χ0n) is 11.2. The van der Waals surface area contributed by atoms with Crippen LogP contribution < -0.4 is 5.32 Å². The molecular formula is C14H18Cl3N3. The fourth-order valence-corrected chi connectivity index (χ4v) is 3.88. The summed E-state index contributed by atoms with van der Waals surface area (Å²) in [5.74, 6) is 0.626. The van der Waals surface area contributed by atoms with Gasteiger partial charge in [0.2, 0.25) is 0 Å². The smallest absolute Gasteiger partial charge is 0.148 e. The molecule has 0 unspecified atom stereocenters. The van der Waals surface area contributed by atoms with E-state index in [2.05, 4.69) is 15.2 Å². The summed E-state index contributed by atoms with van der Waals surface area (Å²) in [4.78, 5) is 6.53. The van der Waals surface area contributed by atoms with Crippen LogP contribution in [0.2, 0.25) is 15.2 Å². The van der Waals surface area contributed by atoms with E-state index in [0.717, 1.165) is 31.7 Å². The third-order valence-electron chi connectivity index (χ3n) is 4.40. The predicted molar refractivity (Wildman–Crippen MR) is 83.8 cm³/mol. The fraction of sp³-hybridized carbons (Fsp3) is 0.643. The second-order valence-corrected chi connectivity index (χ2v) is 6.69. The van der Waals surface area contributed by atoms with Crippen LogP contribution in [0.25, 0.3) is 0 Å². The van der Waals surface area contributed by atoms with Crippen molar-refractivity contribution in [3.63, 3.8) is 0 Å². The summed E-state index contributed by atoms with van der Waals surface area (Å²) in [5.41, 5.74) is 0.972. The summed E-state index contributed by atoms with van der Waals surface area (Å²) in [6.07, 6.45) is 5.39. The molecule has 1 N–H and O–H groups in total. The molecule has 3 nitrogen and oxygen atoms in total. The molecule has 0 aromatic carbocycles. The molecule has 1 aliphatic heterocycles. The molecule has 1 saturated carbocycles. The molecule has 2 fully saturated rings. The van der Waals surface area contributed by atoms with Gasteiger partial charge >= 0.3 is 0 Å². The first kappa shape index (κ1) is 14.9. The van der Waals surface area contributed by atoms with E-state index in [-0.39, 0.29) is 6.04 Å². The second-order valence-electron chi connectivity index (χ2n) is 5.55. The molecule has 2 aliphatic rings. The Hall–Kier alpha value is -0.0600. The molecule has 0 amide bonds.